The molecule has 0 bridgehead atoms. The molecule has 7 aromatic carbocycles. The molecule has 0 N–H and O–H groups in total. The fourth-order valence-corrected chi connectivity index (χ4v) is 10.3. The number of hydrogen-bond acceptors (Lipinski definition) is 0. The van der Waals surface area contributed by atoms with Gasteiger partial charge in [-0.25, -0.2) is 0 Å². The normalized spacial score (nSPS) is 11.1. The van der Waals surface area contributed by atoms with Gasteiger partial charge in [0.1, 0.15) is 0 Å². The van der Waals surface area contributed by atoms with Crippen LogP contribution in [0.4, 0.5) is 0 Å². The third-order valence-electron chi connectivity index (χ3n) is 8.36. The second-order valence-electron chi connectivity index (χ2n) is 11.1. The Balaban J connectivity index is 1.92. The van der Waals surface area contributed by atoms with E-state index in [1.54, 1.807) is 0 Å². The Bertz CT molecular complexity index is 1880. The molecule has 0 aromatic heterocycles. The molecule has 0 radical (unpaired) electrons. The highest BCUT2D eigenvalue weighted by atomic mass is 127. The van der Waals surface area contributed by atoms with Crippen LogP contribution < -0.4 is 0 Å². The van der Waals surface area contributed by atoms with Crippen LogP contribution in [0.5, 0.6) is 0 Å². The first-order valence-corrected chi connectivity index (χ1v) is 21.6. The molecule has 0 nitrogen and oxygen atoms in total. The third kappa shape index (κ3) is 6.80. The van der Waals surface area contributed by atoms with Gasteiger partial charge in [-0.15, -0.1) is 0 Å². The molecule has 7 aromatic rings. The number of rotatable bonds is 6. The maximum atomic E-state index is 2.54. The van der Waals surface area contributed by atoms with E-state index in [0.29, 0.717) is 0 Å². The smallest absolute Gasteiger partial charge is 0.0209 e. The molecule has 0 saturated heterocycles. The van der Waals surface area contributed by atoms with Crippen molar-refractivity contribution in [2.45, 2.75) is 0 Å². The van der Waals surface area contributed by atoms with Crippen molar-refractivity contribution >= 4 is 136 Å². The van der Waals surface area contributed by atoms with E-state index in [9.17, 15) is 0 Å². The van der Waals surface area contributed by atoms with Crippen LogP contribution in [0.25, 0.3) is 66.8 Å². The zero-order valence-electron chi connectivity index (χ0n) is 25.1. The Morgan fingerprint density at radius 2 is 0.312 bits per heavy atom. The van der Waals surface area contributed by atoms with Crippen LogP contribution in [0.3, 0.4) is 0 Å². The lowest BCUT2D eigenvalue weighted by molar-refractivity contribution is 1.47. The lowest BCUT2D eigenvalue weighted by atomic mass is 9.74. The zero-order chi connectivity index (χ0) is 33.4. The minimum Gasteiger partial charge on any atom is -0.0616 e. The quantitative estimate of drug-likeness (QED) is 0.146. The van der Waals surface area contributed by atoms with E-state index in [4.69, 9.17) is 0 Å². The van der Waals surface area contributed by atoms with Crippen LogP contribution in [0.15, 0.2) is 146 Å². The summed E-state index contributed by atoms with van der Waals surface area (Å²) >= 11 is 15.2. The summed E-state index contributed by atoms with van der Waals surface area (Å²) in [4.78, 5) is 0. The summed E-state index contributed by atoms with van der Waals surface area (Å²) in [6.45, 7) is 0. The van der Waals surface area contributed by atoms with E-state index >= 15 is 0 Å². The van der Waals surface area contributed by atoms with Gasteiger partial charge in [0.15, 0.2) is 0 Å². The molecular weight excluding hydrogens is 1270 g/mol. The number of halogens is 6. The second kappa shape index (κ2) is 15.7. The molecule has 0 aliphatic carbocycles. The van der Waals surface area contributed by atoms with E-state index in [1.807, 2.05) is 0 Å². The van der Waals surface area contributed by atoms with Crippen molar-refractivity contribution in [1.82, 2.24) is 0 Å². The molecule has 6 heteroatoms. The van der Waals surface area contributed by atoms with Crippen LogP contribution in [0.1, 0.15) is 0 Å². The van der Waals surface area contributed by atoms with Gasteiger partial charge in [0.2, 0.25) is 0 Å². The van der Waals surface area contributed by atoms with Gasteiger partial charge in [-0.3, -0.25) is 0 Å². The summed E-state index contributed by atoms with van der Waals surface area (Å²) in [5.74, 6) is 0. The van der Waals surface area contributed by atoms with Crippen LogP contribution in [-0.2, 0) is 0 Å². The molecule has 48 heavy (non-hydrogen) atoms. The fourth-order valence-electron chi connectivity index (χ4n) is 6.35. The Hall–Kier alpha value is -1.08. The first-order chi connectivity index (χ1) is 23.4. The number of hydrogen-bond donors (Lipinski definition) is 0. The lowest BCUT2D eigenvalue weighted by Gasteiger charge is -2.30. The van der Waals surface area contributed by atoms with Crippen LogP contribution in [0, 0.1) is 21.4 Å². The minimum atomic E-state index is 1.22. The molecule has 0 saturated carbocycles. The highest BCUT2D eigenvalue weighted by Gasteiger charge is 2.32. The molecule has 0 aliphatic rings. The van der Waals surface area contributed by atoms with Gasteiger partial charge in [-0.2, -0.15) is 0 Å². The van der Waals surface area contributed by atoms with Crippen molar-refractivity contribution in [3.63, 3.8) is 0 Å². The van der Waals surface area contributed by atoms with Gasteiger partial charge >= 0.3 is 0 Å². The van der Waals surface area contributed by atoms with Crippen molar-refractivity contribution in [3.8, 4) is 66.8 Å². The largest absolute Gasteiger partial charge is 0.0616 e. The molecule has 0 heterocycles. The van der Waals surface area contributed by atoms with E-state index in [2.05, 4.69) is 281 Å². The molecule has 0 unspecified atom stereocenters. The maximum Gasteiger partial charge on any atom is 0.0209 e. The molecule has 234 valence electrons. The van der Waals surface area contributed by atoms with Gasteiger partial charge in [0, 0.05) is 21.4 Å². The average molecular weight is 1290 g/mol. The predicted molar refractivity (Wildman–Crippen MR) is 255 cm³/mol. The highest BCUT2D eigenvalue weighted by molar-refractivity contribution is 14.1. The molecule has 0 atom stereocenters. The Morgan fingerprint density at radius 1 is 0.188 bits per heavy atom. The first-order valence-electron chi connectivity index (χ1n) is 15.1. The second-order valence-corrected chi connectivity index (χ2v) is 18.1. The van der Waals surface area contributed by atoms with Gasteiger partial charge < -0.3 is 0 Å². The van der Waals surface area contributed by atoms with Gasteiger partial charge in [-0.1, -0.05) is 109 Å². The summed E-state index contributed by atoms with van der Waals surface area (Å²) in [7, 11) is 0. The fraction of sp³-hybridized carbons (Fsp3) is 0. The summed E-state index contributed by atoms with van der Waals surface area (Å²) in [6.07, 6.45) is 0. The lowest BCUT2D eigenvalue weighted by Crippen LogP contribution is -2.05. The van der Waals surface area contributed by atoms with E-state index in [0.717, 1.165) is 0 Å². The van der Waals surface area contributed by atoms with E-state index in [-0.39, 0.29) is 0 Å². The van der Waals surface area contributed by atoms with Crippen molar-refractivity contribution in [2.75, 3.05) is 0 Å². The Morgan fingerprint density at radius 3 is 0.438 bits per heavy atom. The SMILES string of the molecule is Ic1ccccc1-c1c(-c2ccccc2I)c(-c2ccccc2I)c(-c2ccccc2I)c(-c2ccccc2I)c1-c1ccccc1I. The monoisotopic (exact) mass is 1290 g/mol. The summed E-state index contributed by atoms with van der Waals surface area (Å²) in [5, 5.41) is 0. The van der Waals surface area contributed by atoms with Crippen molar-refractivity contribution in [3.05, 3.63) is 167 Å². The Kier molecular flexibility index (Phi) is 11.5. The van der Waals surface area contributed by atoms with Crippen LogP contribution >= 0.6 is 136 Å². The zero-order valence-corrected chi connectivity index (χ0v) is 38.1. The standard InChI is InChI=1S/C42H24I6/c43-31-19-7-1-13-25(31)37-38(26-14-2-8-20-32(26)44)40(28-16-4-10-22-34(28)46)42(30-18-6-12-24-36(30)48)41(29-17-5-11-23-35(29)47)39(37)27-15-3-9-21-33(27)45/h1-24H. The van der Waals surface area contributed by atoms with Crippen molar-refractivity contribution in [1.29, 1.82) is 0 Å². The third-order valence-corrected chi connectivity index (χ3v) is 14.0. The predicted octanol–water partition coefficient (Wildman–Crippen LogP) is 15.3. The summed E-state index contributed by atoms with van der Waals surface area (Å²) in [6, 6.07) is 53.2. The van der Waals surface area contributed by atoms with E-state index in [1.165, 1.54) is 88.2 Å². The van der Waals surface area contributed by atoms with Crippen molar-refractivity contribution in [2.24, 2.45) is 0 Å². The van der Waals surface area contributed by atoms with Gasteiger partial charge in [0.05, 0.1) is 0 Å². The van der Waals surface area contributed by atoms with Crippen LogP contribution in [0.2, 0.25) is 0 Å². The number of benzene rings is 7. The molecule has 0 fully saturated rings. The molecule has 7 rings (SSSR count). The topological polar surface area (TPSA) is 0 Å². The summed E-state index contributed by atoms with van der Waals surface area (Å²) < 4.78 is 7.33. The molecular formula is C42H24I6. The maximum absolute atomic E-state index is 2.54. The van der Waals surface area contributed by atoms with Crippen molar-refractivity contribution < 1.29 is 0 Å². The highest BCUT2D eigenvalue weighted by Crippen LogP contribution is 2.58. The minimum absolute atomic E-state index is 1.22. The first kappa shape index (κ1) is 35.3. The van der Waals surface area contributed by atoms with E-state index < -0.39 is 0 Å². The van der Waals surface area contributed by atoms with Gasteiger partial charge in [-0.05, 0) is 239 Å². The summed E-state index contributed by atoms with van der Waals surface area (Å²) in [5.41, 5.74) is 14.9. The Labute approximate surface area is 363 Å². The van der Waals surface area contributed by atoms with Crippen LogP contribution in [-0.4, -0.2) is 0 Å². The molecule has 0 spiro atoms. The van der Waals surface area contributed by atoms with Gasteiger partial charge in [0.25, 0.3) is 0 Å². The average Bonchev–Trinajstić information content (AvgIpc) is 3.09. The molecule has 0 aliphatic heterocycles. The molecule has 0 amide bonds.